The second-order valence-corrected chi connectivity index (χ2v) is 8.42. The van der Waals surface area contributed by atoms with E-state index >= 15 is 0 Å². The molecule has 1 heterocycles. The Hall–Kier alpha value is -2.76. The predicted molar refractivity (Wildman–Crippen MR) is 125 cm³/mol. The molecule has 5 nitrogen and oxygen atoms in total. The van der Waals surface area contributed by atoms with Crippen molar-refractivity contribution in [3.8, 4) is 5.75 Å². The van der Waals surface area contributed by atoms with Crippen LogP contribution in [-0.4, -0.2) is 40.4 Å². The summed E-state index contributed by atoms with van der Waals surface area (Å²) in [6.45, 7) is 0.854. The first-order valence-electron chi connectivity index (χ1n) is 11.1. The number of aromatic nitrogens is 2. The van der Waals surface area contributed by atoms with E-state index in [2.05, 4.69) is 51.7 Å². The fourth-order valence-corrected chi connectivity index (χ4v) is 4.37. The summed E-state index contributed by atoms with van der Waals surface area (Å²) in [4.78, 5) is 8.84. The predicted octanol–water partition coefficient (Wildman–Crippen LogP) is 4.55. The van der Waals surface area contributed by atoms with Crippen LogP contribution in [0.3, 0.4) is 0 Å². The molecule has 0 atom stereocenters. The summed E-state index contributed by atoms with van der Waals surface area (Å²) in [5.74, 6) is 0.801. The Bertz CT molecular complexity index is 1010. The Morgan fingerprint density at radius 3 is 2.71 bits per heavy atom. The number of hydrogen-bond acceptors (Lipinski definition) is 5. The van der Waals surface area contributed by atoms with Crippen molar-refractivity contribution in [3.05, 3.63) is 72.2 Å². The minimum atomic E-state index is -0.617. The molecule has 1 aromatic heterocycles. The van der Waals surface area contributed by atoms with Crippen molar-refractivity contribution in [2.45, 2.75) is 50.2 Å². The van der Waals surface area contributed by atoms with E-state index in [1.54, 1.807) is 13.4 Å². The second-order valence-electron chi connectivity index (χ2n) is 8.42. The molecule has 2 N–H and O–H groups in total. The molecule has 1 aliphatic rings. The topological polar surface area (TPSA) is 67.3 Å². The summed E-state index contributed by atoms with van der Waals surface area (Å²) < 4.78 is 5.35. The number of ether oxygens (including phenoxy) is 1. The van der Waals surface area contributed by atoms with Gasteiger partial charge in [0.15, 0.2) is 0 Å². The third-order valence-corrected chi connectivity index (χ3v) is 6.30. The smallest absolute Gasteiger partial charge is 0.119 e. The molecule has 31 heavy (non-hydrogen) atoms. The standard InChI is InChI=1S/C26H31N3O2/c1-31-22-9-10-24-23(18-22)25(29-19-28-24)13-16-26(30)14-11-21(12-15-26)27-17-5-8-20-6-3-2-4-7-20/h2-10,18-19,21,27,30H,11-17H2,1H3/b8-5+. The summed E-state index contributed by atoms with van der Waals surface area (Å²) in [5.41, 5.74) is 2.49. The molecule has 5 heteroatoms. The molecule has 2 aromatic carbocycles. The van der Waals surface area contributed by atoms with Crippen molar-refractivity contribution in [2.75, 3.05) is 13.7 Å². The Kier molecular flexibility index (Phi) is 6.95. The van der Waals surface area contributed by atoms with Crippen molar-refractivity contribution >= 4 is 17.0 Å². The first-order valence-corrected chi connectivity index (χ1v) is 11.1. The number of nitrogens with zero attached hydrogens (tertiary/aromatic N) is 2. The number of rotatable bonds is 8. The Morgan fingerprint density at radius 2 is 1.94 bits per heavy atom. The Balaban J connectivity index is 1.27. The van der Waals surface area contributed by atoms with Gasteiger partial charge in [-0.1, -0.05) is 42.5 Å². The first kappa shape index (κ1) is 21.5. The highest BCUT2D eigenvalue weighted by Gasteiger charge is 2.32. The van der Waals surface area contributed by atoms with Gasteiger partial charge in [0.2, 0.25) is 0 Å². The van der Waals surface area contributed by atoms with Gasteiger partial charge in [-0.3, -0.25) is 0 Å². The number of methoxy groups -OCH3 is 1. The molecule has 162 valence electrons. The van der Waals surface area contributed by atoms with Crippen molar-refractivity contribution in [1.82, 2.24) is 15.3 Å². The van der Waals surface area contributed by atoms with Crippen LogP contribution in [0.2, 0.25) is 0 Å². The van der Waals surface area contributed by atoms with Crippen LogP contribution in [0.1, 0.15) is 43.4 Å². The van der Waals surface area contributed by atoms with Crippen LogP contribution < -0.4 is 10.1 Å². The average Bonchev–Trinajstić information content (AvgIpc) is 2.82. The Morgan fingerprint density at radius 1 is 1.13 bits per heavy atom. The molecule has 0 unspecified atom stereocenters. The van der Waals surface area contributed by atoms with Crippen molar-refractivity contribution in [2.24, 2.45) is 0 Å². The number of aliphatic hydroxyl groups is 1. The molecule has 0 spiro atoms. The highest BCUT2D eigenvalue weighted by atomic mass is 16.5. The molecular formula is C26H31N3O2. The molecule has 0 radical (unpaired) electrons. The highest BCUT2D eigenvalue weighted by molar-refractivity contribution is 5.82. The molecule has 3 aromatic rings. The van der Waals surface area contributed by atoms with Gasteiger partial charge in [0, 0.05) is 18.0 Å². The molecular weight excluding hydrogens is 386 g/mol. The number of fused-ring (bicyclic) bond motifs is 1. The van der Waals surface area contributed by atoms with E-state index in [9.17, 15) is 5.11 Å². The summed E-state index contributed by atoms with van der Waals surface area (Å²) in [6.07, 6.45) is 11.0. The van der Waals surface area contributed by atoms with Gasteiger partial charge in [-0.05, 0) is 62.3 Å². The van der Waals surface area contributed by atoms with Crippen molar-refractivity contribution < 1.29 is 9.84 Å². The van der Waals surface area contributed by atoms with E-state index in [0.717, 1.165) is 67.4 Å². The zero-order chi connectivity index (χ0) is 21.5. The van der Waals surface area contributed by atoms with E-state index in [4.69, 9.17) is 4.74 Å². The maximum absolute atomic E-state index is 11.1. The van der Waals surface area contributed by atoms with Crippen LogP contribution in [0.15, 0.2) is 60.9 Å². The molecule has 0 bridgehead atoms. The lowest BCUT2D eigenvalue weighted by molar-refractivity contribution is -0.0105. The zero-order valence-electron chi connectivity index (χ0n) is 18.1. The summed E-state index contributed by atoms with van der Waals surface area (Å²) in [7, 11) is 1.66. The van der Waals surface area contributed by atoms with Gasteiger partial charge in [0.25, 0.3) is 0 Å². The summed E-state index contributed by atoms with van der Waals surface area (Å²) in [6, 6.07) is 16.7. The normalized spacial score (nSPS) is 21.5. The molecule has 0 amide bonds. The van der Waals surface area contributed by atoms with E-state index in [-0.39, 0.29) is 0 Å². The molecule has 1 fully saturated rings. The minimum Gasteiger partial charge on any atom is -0.497 e. The molecule has 0 saturated heterocycles. The van der Waals surface area contributed by atoms with Crippen LogP contribution in [0.4, 0.5) is 0 Å². The van der Waals surface area contributed by atoms with Gasteiger partial charge in [-0.15, -0.1) is 0 Å². The van der Waals surface area contributed by atoms with Gasteiger partial charge < -0.3 is 15.2 Å². The second kappa shape index (κ2) is 10.0. The van der Waals surface area contributed by atoms with E-state index in [1.807, 2.05) is 24.3 Å². The quantitative estimate of drug-likeness (QED) is 0.563. The first-order chi connectivity index (χ1) is 15.1. The lowest BCUT2D eigenvalue weighted by atomic mass is 9.79. The Labute approximate surface area is 184 Å². The SMILES string of the molecule is COc1ccc2ncnc(CCC3(O)CCC(NC/C=C/c4ccccc4)CC3)c2c1. The molecule has 4 rings (SSSR count). The molecule has 1 saturated carbocycles. The average molecular weight is 418 g/mol. The van der Waals surface area contributed by atoms with E-state index < -0.39 is 5.60 Å². The fourth-order valence-electron chi connectivity index (χ4n) is 4.37. The van der Waals surface area contributed by atoms with Crippen LogP contribution >= 0.6 is 0 Å². The lowest BCUT2D eigenvalue weighted by Gasteiger charge is -2.36. The lowest BCUT2D eigenvalue weighted by Crippen LogP contribution is -2.41. The van der Waals surface area contributed by atoms with Crippen LogP contribution in [-0.2, 0) is 6.42 Å². The van der Waals surface area contributed by atoms with Crippen molar-refractivity contribution in [1.29, 1.82) is 0 Å². The van der Waals surface area contributed by atoms with Gasteiger partial charge in [-0.2, -0.15) is 0 Å². The number of nitrogens with one attached hydrogen (secondary N) is 1. The molecule has 0 aliphatic heterocycles. The maximum atomic E-state index is 11.1. The van der Waals surface area contributed by atoms with Gasteiger partial charge in [0.05, 0.1) is 23.9 Å². The van der Waals surface area contributed by atoms with Crippen molar-refractivity contribution in [3.63, 3.8) is 0 Å². The van der Waals surface area contributed by atoms with Gasteiger partial charge >= 0.3 is 0 Å². The number of aryl methyl sites for hydroxylation is 1. The minimum absolute atomic E-state index is 0.463. The van der Waals surface area contributed by atoms with E-state index in [0.29, 0.717) is 6.04 Å². The maximum Gasteiger partial charge on any atom is 0.119 e. The summed E-state index contributed by atoms with van der Waals surface area (Å²) >= 11 is 0. The third kappa shape index (κ3) is 5.69. The van der Waals surface area contributed by atoms with E-state index in [1.165, 1.54) is 5.56 Å². The van der Waals surface area contributed by atoms with Gasteiger partial charge in [-0.25, -0.2) is 9.97 Å². The third-order valence-electron chi connectivity index (χ3n) is 6.30. The van der Waals surface area contributed by atoms with Gasteiger partial charge in [0.1, 0.15) is 12.1 Å². The summed E-state index contributed by atoms with van der Waals surface area (Å²) in [5, 5.41) is 15.7. The fraction of sp³-hybridized carbons (Fsp3) is 0.385. The van der Waals surface area contributed by atoms with Crippen LogP contribution in [0.5, 0.6) is 5.75 Å². The largest absolute Gasteiger partial charge is 0.497 e. The number of benzene rings is 2. The van der Waals surface area contributed by atoms with Crippen LogP contribution in [0.25, 0.3) is 17.0 Å². The highest BCUT2D eigenvalue weighted by Crippen LogP contribution is 2.33. The zero-order valence-corrected chi connectivity index (χ0v) is 18.1. The molecule has 1 aliphatic carbocycles. The van der Waals surface area contributed by atoms with Crippen LogP contribution in [0, 0.1) is 0 Å². The monoisotopic (exact) mass is 417 g/mol. The number of hydrogen-bond donors (Lipinski definition) is 2.